The number of amides is 1. The van der Waals surface area contributed by atoms with Gasteiger partial charge >= 0.3 is 0 Å². The van der Waals surface area contributed by atoms with Crippen molar-refractivity contribution >= 4 is 28.5 Å². The molecule has 0 radical (unpaired) electrons. The van der Waals surface area contributed by atoms with Gasteiger partial charge in [0.25, 0.3) is 5.91 Å². The van der Waals surface area contributed by atoms with Crippen molar-refractivity contribution in [3.8, 4) is 5.75 Å². The van der Waals surface area contributed by atoms with Crippen LogP contribution in [0.1, 0.15) is 23.2 Å². The predicted molar refractivity (Wildman–Crippen MR) is 87.5 cm³/mol. The molecule has 2 aliphatic rings. The van der Waals surface area contributed by atoms with Gasteiger partial charge in [-0.1, -0.05) is 0 Å². The molecule has 2 aliphatic heterocycles. The Kier molecular flexibility index (Phi) is 4.66. The van der Waals surface area contributed by atoms with Crippen LogP contribution in [-0.2, 0) is 4.74 Å². The number of morpholine rings is 1. The first-order valence-corrected chi connectivity index (χ1v) is 8.34. The molecule has 2 saturated heterocycles. The van der Waals surface area contributed by atoms with E-state index in [4.69, 9.17) is 4.74 Å². The highest BCUT2D eigenvalue weighted by Gasteiger charge is 2.32. The minimum absolute atomic E-state index is 0.0562. The number of aromatic hydroxyl groups is 1. The molecule has 21 heavy (non-hydrogen) atoms. The van der Waals surface area contributed by atoms with Gasteiger partial charge in [0.15, 0.2) is 0 Å². The van der Waals surface area contributed by atoms with Crippen LogP contribution in [-0.4, -0.2) is 54.3 Å². The Morgan fingerprint density at radius 1 is 1.52 bits per heavy atom. The summed E-state index contributed by atoms with van der Waals surface area (Å²) in [4.78, 5) is 14.5. The summed E-state index contributed by atoms with van der Waals surface area (Å²) < 4.78 is 6.55. The van der Waals surface area contributed by atoms with E-state index in [2.05, 4.69) is 10.2 Å². The van der Waals surface area contributed by atoms with Crippen molar-refractivity contribution in [2.75, 3.05) is 26.2 Å². The second-order valence-corrected chi connectivity index (χ2v) is 6.78. The van der Waals surface area contributed by atoms with Gasteiger partial charge in [-0.25, -0.2) is 0 Å². The molecule has 0 saturated carbocycles. The van der Waals surface area contributed by atoms with Crippen molar-refractivity contribution < 1.29 is 14.6 Å². The third-order valence-electron chi connectivity index (χ3n) is 4.16. The van der Waals surface area contributed by atoms with Crippen molar-refractivity contribution in [2.24, 2.45) is 0 Å². The second-order valence-electron chi connectivity index (χ2n) is 5.62. The summed E-state index contributed by atoms with van der Waals surface area (Å²) in [6.45, 7) is 3.31. The number of benzene rings is 1. The Balaban J connectivity index is 1.52. The van der Waals surface area contributed by atoms with Gasteiger partial charge in [-0.2, -0.15) is 0 Å². The second kappa shape index (κ2) is 6.50. The number of ether oxygens (including phenoxy) is 1. The number of hydrogen-bond acceptors (Lipinski definition) is 4. The van der Waals surface area contributed by atoms with E-state index in [0.717, 1.165) is 23.3 Å². The highest BCUT2D eigenvalue weighted by atomic mass is 127. The summed E-state index contributed by atoms with van der Waals surface area (Å²) in [6, 6.07) is 5.52. The Labute approximate surface area is 137 Å². The predicted octanol–water partition coefficient (Wildman–Crippen LogP) is 1.59. The minimum atomic E-state index is -0.172. The molecular weight excluding hydrogens is 383 g/mol. The number of hydrogen-bond donors (Lipinski definition) is 2. The van der Waals surface area contributed by atoms with E-state index < -0.39 is 0 Å². The lowest BCUT2D eigenvalue weighted by Crippen LogP contribution is -2.50. The van der Waals surface area contributed by atoms with E-state index >= 15 is 0 Å². The molecular formula is C15H19IN2O3. The first-order chi connectivity index (χ1) is 10.1. The number of halogens is 1. The largest absolute Gasteiger partial charge is 0.507 e. The molecule has 2 heterocycles. The van der Waals surface area contributed by atoms with E-state index in [0.29, 0.717) is 18.2 Å². The summed E-state index contributed by atoms with van der Waals surface area (Å²) in [5, 5.41) is 12.5. The standard InChI is InChI=1S/C15H19IN2O3/c16-13-4-3-10(6-14(13)19)15(20)17-7-12-8-18-5-1-2-11(18)9-21-12/h3-4,6,11-12,19H,1-2,5,7-9H2,(H,17,20). The van der Waals surface area contributed by atoms with Crippen molar-refractivity contribution in [3.63, 3.8) is 0 Å². The van der Waals surface area contributed by atoms with Crippen LogP contribution in [0.15, 0.2) is 18.2 Å². The monoisotopic (exact) mass is 402 g/mol. The lowest BCUT2D eigenvalue weighted by molar-refractivity contribution is -0.0461. The zero-order valence-corrected chi connectivity index (χ0v) is 13.9. The van der Waals surface area contributed by atoms with Gasteiger partial charge in [0.2, 0.25) is 0 Å². The molecule has 1 amide bonds. The van der Waals surface area contributed by atoms with Crippen LogP contribution < -0.4 is 5.32 Å². The molecule has 0 aromatic heterocycles. The van der Waals surface area contributed by atoms with E-state index in [-0.39, 0.29) is 17.8 Å². The Hall–Kier alpha value is -0.860. The fourth-order valence-corrected chi connectivity index (χ4v) is 3.31. The Morgan fingerprint density at radius 3 is 3.19 bits per heavy atom. The van der Waals surface area contributed by atoms with Crippen LogP contribution in [0.25, 0.3) is 0 Å². The highest BCUT2D eigenvalue weighted by Crippen LogP contribution is 2.23. The fourth-order valence-electron chi connectivity index (χ4n) is 2.97. The number of phenols is 1. The summed E-state index contributed by atoms with van der Waals surface area (Å²) >= 11 is 2.03. The topological polar surface area (TPSA) is 61.8 Å². The molecule has 2 unspecified atom stereocenters. The van der Waals surface area contributed by atoms with E-state index in [1.165, 1.54) is 18.9 Å². The molecule has 0 bridgehead atoms. The van der Waals surface area contributed by atoms with Crippen LogP contribution >= 0.6 is 22.6 Å². The summed E-state index contributed by atoms with van der Waals surface area (Å²) in [5.41, 5.74) is 0.475. The molecule has 2 atom stereocenters. The van der Waals surface area contributed by atoms with Crippen LogP contribution in [0, 0.1) is 3.57 Å². The molecule has 1 aromatic rings. The molecule has 5 nitrogen and oxygen atoms in total. The summed E-state index contributed by atoms with van der Waals surface area (Å²) in [7, 11) is 0. The average Bonchev–Trinajstić information content (AvgIpc) is 2.95. The molecule has 6 heteroatoms. The Morgan fingerprint density at radius 2 is 2.38 bits per heavy atom. The maximum atomic E-state index is 12.1. The Bertz CT molecular complexity index is 538. The molecule has 2 N–H and O–H groups in total. The van der Waals surface area contributed by atoms with Crippen LogP contribution in [0.3, 0.4) is 0 Å². The van der Waals surface area contributed by atoms with Crippen molar-refractivity contribution in [2.45, 2.75) is 25.0 Å². The number of nitrogens with one attached hydrogen (secondary N) is 1. The van der Waals surface area contributed by atoms with Crippen molar-refractivity contribution in [1.29, 1.82) is 0 Å². The first kappa shape index (κ1) is 15.1. The number of rotatable bonds is 3. The molecule has 2 fully saturated rings. The molecule has 1 aromatic carbocycles. The SMILES string of the molecule is O=C(NCC1CN2CCCC2CO1)c1ccc(I)c(O)c1. The van der Waals surface area contributed by atoms with Gasteiger partial charge in [0, 0.05) is 24.7 Å². The third-order valence-corrected chi connectivity index (χ3v) is 5.07. The van der Waals surface area contributed by atoms with Crippen LogP contribution in [0.5, 0.6) is 5.75 Å². The van der Waals surface area contributed by atoms with Crippen LogP contribution in [0.4, 0.5) is 0 Å². The van der Waals surface area contributed by atoms with Gasteiger partial charge in [-0.05, 0) is 60.2 Å². The van der Waals surface area contributed by atoms with E-state index in [9.17, 15) is 9.90 Å². The summed E-state index contributed by atoms with van der Waals surface area (Å²) in [6.07, 6.45) is 2.52. The zero-order valence-electron chi connectivity index (χ0n) is 11.7. The van der Waals surface area contributed by atoms with Gasteiger partial charge in [-0.15, -0.1) is 0 Å². The summed E-state index contributed by atoms with van der Waals surface area (Å²) in [5.74, 6) is -0.0362. The lowest BCUT2D eigenvalue weighted by Gasteiger charge is -2.35. The van der Waals surface area contributed by atoms with E-state index in [1.54, 1.807) is 12.1 Å². The lowest BCUT2D eigenvalue weighted by atomic mass is 10.1. The molecule has 0 aliphatic carbocycles. The quantitative estimate of drug-likeness (QED) is 0.755. The van der Waals surface area contributed by atoms with Gasteiger partial charge in [0.1, 0.15) is 5.75 Å². The third kappa shape index (κ3) is 3.49. The molecule has 3 rings (SSSR count). The van der Waals surface area contributed by atoms with Gasteiger partial charge < -0.3 is 15.2 Å². The van der Waals surface area contributed by atoms with Crippen LogP contribution in [0.2, 0.25) is 0 Å². The average molecular weight is 402 g/mol. The number of fused-ring (bicyclic) bond motifs is 1. The van der Waals surface area contributed by atoms with Crippen molar-refractivity contribution in [3.05, 3.63) is 27.3 Å². The fraction of sp³-hybridized carbons (Fsp3) is 0.533. The van der Waals surface area contributed by atoms with Gasteiger partial charge in [0.05, 0.1) is 16.3 Å². The first-order valence-electron chi connectivity index (χ1n) is 7.26. The normalized spacial score (nSPS) is 25.6. The zero-order chi connectivity index (χ0) is 14.8. The van der Waals surface area contributed by atoms with Gasteiger partial charge in [-0.3, -0.25) is 9.69 Å². The highest BCUT2D eigenvalue weighted by molar-refractivity contribution is 14.1. The number of carbonyl (C=O) groups excluding carboxylic acids is 1. The minimum Gasteiger partial charge on any atom is -0.507 e. The van der Waals surface area contributed by atoms with Crippen molar-refractivity contribution in [1.82, 2.24) is 10.2 Å². The molecule has 114 valence electrons. The number of carbonyl (C=O) groups is 1. The number of nitrogens with zero attached hydrogens (tertiary/aromatic N) is 1. The maximum absolute atomic E-state index is 12.1. The maximum Gasteiger partial charge on any atom is 0.251 e. The number of phenolic OH excluding ortho intramolecular Hbond substituents is 1. The molecule has 0 spiro atoms. The van der Waals surface area contributed by atoms with E-state index in [1.807, 2.05) is 22.6 Å². The smallest absolute Gasteiger partial charge is 0.251 e.